The molecule has 0 atom stereocenters. The zero-order valence-electron chi connectivity index (χ0n) is 13.0. The van der Waals surface area contributed by atoms with Crippen molar-refractivity contribution in [3.63, 3.8) is 0 Å². The lowest BCUT2D eigenvalue weighted by molar-refractivity contribution is -0.384. The van der Waals surface area contributed by atoms with E-state index < -0.39 is 4.92 Å². The molecular weight excluding hydrogens is 306 g/mol. The predicted octanol–water partition coefficient (Wildman–Crippen LogP) is 3.82. The van der Waals surface area contributed by atoms with Gasteiger partial charge in [-0.25, -0.2) is 4.68 Å². The number of rotatable bonds is 5. The highest BCUT2D eigenvalue weighted by Gasteiger charge is 2.20. The summed E-state index contributed by atoms with van der Waals surface area (Å²) in [7, 11) is 0. The summed E-state index contributed by atoms with van der Waals surface area (Å²) in [6.45, 7) is 2.07. The van der Waals surface area contributed by atoms with Crippen LogP contribution in [0.1, 0.15) is 22.8 Å². The van der Waals surface area contributed by atoms with E-state index in [9.17, 15) is 14.9 Å². The maximum absolute atomic E-state index is 11.4. The fraction of sp³-hybridized carbons (Fsp3) is 0.111. The first-order valence-corrected chi connectivity index (χ1v) is 7.52. The van der Waals surface area contributed by atoms with Crippen molar-refractivity contribution in [2.45, 2.75) is 13.3 Å². The zero-order valence-corrected chi connectivity index (χ0v) is 13.0. The fourth-order valence-corrected chi connectivity index (χ4v) is 2.53. The van der Waals surface area contributed by atoms with Gasteiger partial charge in [-0.15, -0.1) is 0 Å². The molecule has 1 aromatic heterocycles. The molecule has 0 fully saturated rings. The topological polar surface area (TPSA) is 78.0 Å². The molecule has 0 radical (unpaired) electrons. The van der Waals surface area contributed by atoms with Crippen molar-refractivity contribution in [1.82, 2.24) is 9.78 Å². The molecule has 120 valence electrons. The average Bonchev–Trinajstić information content (AvgIpc) is 3.06. The summed E-state index contributed by atoms with van der Waals surface area (Å²) in [5.41, 5.74) is 2.85. The van der Waals surface area contributed by atoms with Crippen LogP contribution in [0.2, 0.25) is 0 Å². The van der Waals surface area contributed by atoms with Crippen LogP contribution in [0.25, 0.3) is 16.9 Å². The second-order valence-corrected chi connectivity index (χ2v) is 5.29. The van der Waals surface area contributed by atoms with Crippen LogP contribution >= 0.6 is 0 Å². The molecule has 0 saturated heterocycles. The van der Waals surface area contributed by atoms with Crippen molar-refractivity contribution in [3.8, 4) is 16.9 Å². The number of aromatic nitrogens is 2. The maximum atomic E-state index is 11.4. The second-order valence-electron chi connectivity index (χ2n) is 5.29. The molecule has 0 aliphatic heterocycles. The quantitative estimate of drug-likeness (QED) is 0.406. The lowest BCUT2D eigenvalue weighted by Gasteiger charge is -2.03. The van der Waals surface area contributed by atoms with Gasteiger partial charge in [0.15, 0.2) is 6.29 Å². The molecule has 6 nitrogen and oxygen atoms in total. The van der Waals surface area contributed by atoms with Crippen LogP contribution < -0.4 is 0 Å². The molecule has 3 aromatic rings. The van der Waals surface area contributed by atoms with Crippen molar-refractivity contribution in [2.75, 3.05) is 0 Å². The minimum atomic E-state index is -0.473. The van der Waals surface area contributed by atoms with Crippen molar-refractivity contribution in [2.24, 2.45) is 0 Å². The van der Waals surface area contributed by atoms with Gasteiger partial charge in [0, 0.05) is 12.3 Å². The molecule has 0 aliphatic rings. The molecule has 3 rings (SSSR count). The van der Waals surface area contributed by atoms with E-state index in [0.29, 0.717) is 23.1 Å². The normalized spacial score (nSPS) is 10.5. The van der Waals surface area contributed by atoms with Gasteiger partial charge >= 0.3 is 0 Å². The third-order valence-corrected chi connectivity index (χ3v) is 3.83. The predicted molar refractivity (Wildman–Crippen MR) is 90.4 cm³/mol. The zero-order chi connectivity index (χ0) is 17.1. The van der Waals surface area contributed by atoms with Gasteiger partial charge in [0.1, 0.15) is 5.69 Å². The highest BCUT2D eigenvalue weighted by molar-refractivity contribution is 5.88. The minimum absolute atomic E-state index is 0.0767. The van der Waals surface area contributed by atoms with Crippen molar-refractivity contribution in [1.29, 1.82) is 0 Å². The van der Waals surface area contributed by atoms with Crippen LogP contribution in [0.5, 0.6) is 0 Å². The molecule has 0 saturated carbocycles. The molecular formula is C18H15N3O3. The molecule has 24 heavy (non-hydrogen) atoms. The molecule has 0 amide bonds. The van der Waals surface area contributed by atoms with E-state index in [4.69, 9.17) is 0 Å². The first-order chi connectivity index (χ1) is 11.6. The van der Waals surface area contributed by atoms with Crippen molar-refractivity contribution < 1.29 is 9.72 Å². The number of para-hydroxylation sites is 1. The van der Waals surface area contributed by atoms with Crippen LogP contribution in [0, 0.1) is 10.1 Å². The number of aldehydes is 1. The molecule has 0 spiro atoms. The summed E-state index contributed by atoms with van der Waals surface area (Å²) in [6, 6.07) is 14.1. The SMILES string of the molecule is CCc1ccc(-n2cc(C=O)c(-c3ccccc3[N+](=O)[O-])n2)cc1. The summed E-state index contributed by atoms with van der Waals surface area (Å²) in [4.78, 5) is 22.2. The molecule has 2 aromatic carbocycles. The van der Waals surface area contributed by atoms with Crippen molar-refractivity contribution >= 4 is 12.0 Å². The number of hydrogen-bond donors (Lipinski definition) is 0. The Morgan fingerprint density at radius 3 is 2.50 bits per heavy atom. The standard InChI is InChI=1S/C18H15N3O3/c1-2-13-7-9-15(10-8-13)20-11-14(12-22)18(19-20)16-5-3-4-6-17(16)21(23)24/h3-12H,2H2,1H3. The smallest absolute Gasteiger partial charge is 0.278 e. The van der Waals surface area contributed by atoms with Crippen molar-refractivity contribution in [3.05, 3.63) is 76.0 Å². The number of hydrogen-bond acceptors (Lipinski definition) is 4. The van der Waals surface area contributed by atoms with E-state index in [1.165, 1.54) is 11.6 Å². The molecule has 0 unspecified atom stereocenters. The Morgan fingerprint density at radius 1 is 1.17 bits per heavy atom. The van der Waals surface area contributed by atoms with E-state index in [1.807, 2.05) is 24.3 Å². The monoisotopic (exact) mass is 321 g/mol. The summed E-state index contributed by atoms with van der Waals surface area (Å²) in [5, 5.41) is 15.6. The van der Waals surface area contributed by atoms with Crippen LogP contribution in [-0.2, 0) is 6.42 Å². The van der Waals surface area contributed by atoms with Gasteiger partial charge in [0.05, 0.1) is 21.7 Å². The van der Waals surface area contributed by atoms with Gasteiger partial charge in [0.2, 0.25) is 0 Å². The van der Waals surface area contributed by atoms with E-state index >= 15 is 0 Å². The van der Waals surface area contributed by atoms with Gasteiger partial charge in [-0.1, -0.05) is 31.2 Å². The third kappa shape index (κ3) is 2.81. The molecule has 0 aliphatic carbocycles. The summed E-state index contributed by atoms with van der Waals surface area (Å²) >= 11 is 0. The lowest BCUT2D eigenvalue weighted by Crippen LogP contribution is -1.96. The Labute approximate surface area is 138 Å². The van der Waals surface area contributed by atoms with E-state index in [0.717, 1.165) is 12.1 Å². The Morgan fingerprint density at radius 2 is 1.88 bits per heavy atom. The number of benzene rings is 2. The number of carbonyl (C=O) groups excluding carboxylic acids is 1. The molecule has 1 heterocycles. The highest BCUT2D eigenvalue weighted by atomic mass is 16.6. The summed E-state index contributed by atoms with van der Waals surface area (Å²) in [5.74, 6) is 0. The molecule has 0 bridgehead atoms. The number of nitrogens with zero attached hydrogens (tertiary/aromatic N) is 3. The third-order valence-electron chi connectivity index (χ3n) is 3.83. The van der Waals surface area contributed by atoms with Crippen LogP contribution in [0.15, 0.2) is 54.7 Å². The maximum Gasteiger partial charge on any atom is 0.278 e. The van der Waals surface area contributed by atoms with E-state index in [-0.39, 0.29) is 5.69 Å². The van der Waals surface area contributed by atoms with Crippen LogP contribution in [0.3, 0.4) is 0 Å². The molecule has 6 heteroatoms. The number of nitro groups is 1. The van der Waals surface area contributed by atoms with Crippen LogP contribution in [-0.4, -0.2) is 21.0 Å². The number of nitro benzene ring substituents is 1. The van der Waals surface area contributed by atoms with E-state index in [1.54, 1.807) is 29.1 Å². The Hall–Kier alpha value is -3.28. The van der Waals surface area contributed by atoms with Gasteiger partial charge in [-0.3, -0.25) is 14.9 Å². The Bertz CT molecular complexity index is 898. The first kappa shape index (κ1) is 15.6. The number of aryl methyl sites for hydroxylation is 1. The average molecular weight is 321 g/mol. The largest absolute Gasteiger partial charge is 0.298 e. The Balaban J connectivity index is 2.12. The number of carbonyl (C=O) groups is 1. The van der Waals surface area contributed by atoms with Gasteiger partial charge in [0.25, 0.3) is 5.69 Å². The fourth-order valence-electron chi connectivity index (χ4n) is 2.53. The van der Waals surface area contributed by atoms with Gasteiger partial charge in [-0.05, 0) is 30.2 Å². The van der Waals surface area contributed by atoms with Gasteiger partial charge < -0.3 is 0 Å². The first-order valence-electron chi connectivity index (χ1n) is 7.52. The van der Waals surface area contributed by atoms with Crippen LogP contribution in [0.4, 0.5) is 5.69 Å². The summed E-state index contributed by atoms with van der Waals surface area (Å²) < 4.78 is 1.56. The highest BCUT2D eigenvalue weighted by Crippen LogP contribution is 2.30. The summed E-state index contributed by atoms with van der Waals surface area (Å²) in [6.07, 6.45) is 3.18. The minimum Gasteiger partial charge on any atom is -0.298 e. The second kappa shape index (κ2) is 6.45. The lowest BCUT2D eigenvalue weighted by atomic mass is 10.1. The molecule has 0 N–H and O–H groups in total. The van der Waals surface area contributed by atoms with E-state index in [2.05, 4.69) is 12.0 Å². The van der Waals surface area contributed by atoms with Gasteiger partial charge in [-0.2, -0.15) is 5.10 Å². The Kier molecular flexibility index (Phi) is 4.20.